The van der Waals surface area contributed by atoms with E-state index < -0.39 is 11.5 Å². The van der Waals surface area contributed by atoms with Gasteiger partial charge in [-0.1, -0.05) is 12.8 Å². The van der Waals surface area contributed by atoms with Crippen LogP contribution in [0.1, 0.15) is 32.1 Å². The summed E-state index contributed by atoms with van der Waals surface area (Å²) in [6.45, 7) is 1.12. The van der Waals surface area contributed by atoms with Crippen LogP contribution < -0.4 is 5.73 Å². The van der Waals surface area contributed by atoms with Crippen LogP contribution in [0, 0.1) is 5.92 Å². The number of amides is 1. The van der Waals surface area contributed by atoms with Gasteiger partial charge in [0, 0.05) is 19.0 Å². The Morgan fingerprint density at radius 3 is 2.38 bits per heavy atom. The minimum atomic E-state index is -0.791. The Morgan fingerprint density at radius 2 is 1.88 bits per heavy atom. The minimum absolute atomic E-state index is 0.0200. The Kier molecular flexibility index (Phi) is 2.88. The van der Waals surface area contributed by atoms with E-state index in [4.69, 9.17) is 10.8 Å². The Morgan fingerprint density at radius 1 is 1.31 bits per heavy atom. The highest BCUT2D eigenvalue weighted by molar-refractivity contribution is 5.87. The van der Waals surface area contributed by atoms with Gasteiger partial charge in [-0.2, -0.15) is 0 Å². The summed E-state index contributed by atoms with van der Waals surface area (Å²) < 4.78 is 0. The van der Waals surface area contributed by atoms with Gasteiger partial charge in [0.2, 0.25) is 5.91 Å². The number of carbonyl (C=O) groups excluding carboxylic acids is 1. The van der Waals surface area contributed by atoms with Gasteiger partial charge < -0.3 is 15.7 Å². The molecule has 1 amide bonds. The number of carboxylic acids is 1. The van der Waals surface area contributed by atoms with Crippen LogP contribution in [0.4, 0.5) is 0 Å². The molecular formula is C11H18N2O3. The predicted molar refractivity (Wildman–Crippen MR) is 57.7 cm³/mol. The first kappa shape index (κ1) is 11.4. The maximum absolute atomic E-state index is 12.0. The number of hydrogen-bond donors (Lipinski definition) is 2. The lowest BCUT2D eigenvalue weighted by Crippen LogP contribution is -2.60. The first-order chi connectivity index (χ1) is 7.51. The smallest absolute Gasteiger partial charge is 0.303 e. The molecule has 3 N–H and O–H groups in total. The zero-order chi connectivity index (χ0) is 11.8. The maximum atomic E-state index is 12.0. The molecule has 0 atom stereocenters. The van der Waals surface area contributed by atoms with Crippen molar-refractivity contribution in [3.8, 4) is 0 Å². The molecule has 0 radical (unpaired) electrons. The van der Waals surface area contributed by atoms with Crippen LogP contribution in [0.15, 0.2) is 0 Å². The van der Waals surface area contributed by atoms with E-state index in [9.17, 15) is 9.59 Å². The SMILES string of the molecule is NC1(C(=O)N2CC(CC(=O)O)C2)CCCC1. The Balaban J connectivity index is 1.83. The largest absolute Gasteiger partial charge is 0.481 e. The van der Waals surface area contributed by atoms with E-state index in [1.807, 2.05) is 0 Å². The Hall–Kier alpha value is -1.10. The van der Waals surface area contributed by atoms with Crippen LogP contribution >= 0.6 is 0 Å². The number of nitrogens with zero attached hydrogens (tertiary/aromatic N) is 1. The fourth-order valence-electron chi connectivity index (χ4n) is 2.65. The summed E-state index contributed by atoms with van der Waals surface area (Å²) in [5.74, 6) is -0.654. The summed E-state index contributed by atoms with van der Waals surface area (Å²) in [7, 11) is 0. The predicted octanol–water partition coefficient (Wildman–Crippen LogP) is 0.191. The minimum Gasteiger partial charge on any atom is -0.481 e. The van der Waals surface area contributed by atoms with Crippen LogP contribution in [0.2, 0.25) is 0 Å². The lowest BCUT2D eigenvalue weighted by molar-refractivity contribution is -0.148. The lowest BCUT2D eigenvalue weighted by atomic mass is 9.90. The Bertz CT molecular complexity index is 304. The van der Waals surface area contributed by atoms with Crippen molar-refractivity contribution in [2.45, 2.75) is 37.6 Å². The van der Waals surface area contributed by atoms with Crippen molar-refractivity contribution in [1.29, 1.82) is 0 Å². The molecule has 0 bridgehead atoms. The number of rotatable bonds is 3. The number of carbonyl (C=O) groups is 2. The number of likely N-dealkylation sites (tertiary alicyclic amines) is 1. The zero-order valence-electron chi connectivity index (χ0n) is 9.32. The summed E-state index contributed by atoms with van der Waals surface area (Å²) >= 11 is 0. The second-order valence-electron chi connectivity index (χ2n) is 5.04. The molecule has 2 fully saturated rings. The van der Waals surface area contributed by atoms with Gasteiger partial charge in [-0.3, -0.25) is 9.59 Å². The fraction of sp³-hybridized carbons (Fsp3) is 0.818. The molecule has 1 aliphatic carbocycles. The van der Waals surface area contributed by atoms with E-state index >= 15 is 0 Å². The van der Waals surface area contributed by atoms with Crippen LogP contribution in [-0.4, -0.2) is 40.5 Å². The molecule has 0 unspecified atom stereocenters. The number of carboxylic acid groups (broad SMARTS) is 1. The normalized spacial score (nSPS) is 24.2. The van der Waals surface area contributed by atoms with Crippen LogP contribution in [0.25, 0.3) is 0 Å². The highest BCUT2D eigenvalue weighted by atomic mass is 16.4. The third kappa shape index (κ3) is 2.04. The second kappa shape index (κ2) is 4.05. The fourth-order valence-corrected chi connectivity index (χ4v) is 2.65. The number of aliphatic carboxylic acids is 1. The average Bonchev–Trinajstić information content (AvgIpc) is 2.58. The molecule has 90 valence electrons. The van der Waals surface area contributed by atoms with Crippen LogP contribution in [-0.2, 0) is 9.59 Å². The maximum Gasteiger partial charge on any atom is 0.303 e. The highest BCUT2D eigenvalue weighted by Gasteiger charge is 2.43. The molecule has 2 aliphatic rings. The van der Waals surface area contributed by atoms with Gasteiger partial charge in [-0.05, 0) is 12.8 Å². The van der Waals surface area contributed by atoms with Crippen molar-refractivity contribution in [2.24, 2.45) is 11.7 Å². The molecule has 16 heavy (non-hydrogen) atoms. The monoisotopic (exact) mass is 226 g/mol. The quantitative estimate of drug-likeness (QED) is 0.719. The van der Waals surface area contributed by atoms with E-state index in [1.165, 1.54) is 0 Å². The van der Waals surface area contributed by atoms with Crippen molar-refractivity contribution in [1.82, 2.24) is 4.90 Å². The molecule has 0 aromatic heterocycles. The molecule has 0 spiro atoms. The summed E-state index contributed by atoms with van der Waals surface area (Å²) in [5.41, 5.74) is 5.39. The summed E-state index contributed by atoms with van der Waals surface area (Å²) in [5, 5.41) is 8.61. The molecule has 0 aromatic rings. The second-order valence-corrected chi connectivity index (χ2v) is 5.04. The molecular weight excluding hydrogens is 208 g/mol. The van der Waals surface area contributed by atoms with Crippen molar-refractivity contribution < 1.29 is 14.7 Å². The highest BCUT2D eigenvalue weighted by Crippen LogP contribution is 2.31. The first-order valence-electron chi connectivity index (χ1n) is 5.81. The van der Waals surface area contributed by atoms with Gasteiger partial charge in [0.1, 0.15) is 0 Å². The molecule has 0 aromatic carbocycles. The topological polar surface area (TPSA) is 83.6 Å². The summed E-state index contributed by atoms with van der Waals surface area (Å²) in [4.78, 5) is 24.2. The molecule has 2 rings (SSSR count). The van der Waals surface area contributed by atoms with Crippen molar-refractivity contribution in [3.63, 3.8) is 0 Å². The van der Waals surface area contributed by atoms with E-state index in [0.29, 0.717) is 13.1 Å². The van der Waals surface area contributed by atoms with Gasteiger partial charge in [0.15, 0.2) is 0 Å². The molecule has 1 saturated carbocycles. The lowest BCUT2D eigenvalue weighted by Gasteiger charge is -2.42. The third-order valence-corrected chi connectivity index (χ3v) is 3.63. The van der Waals surface area contributed by atoms with Crippen molar-refractivity contribution in [2.75, 3.05) is 13.1 Å². The third-order valence-electron chi connectivity index (χ3n) is 3.63. The first-order valence-corrected chi connectivity index (χ1v) is 5.81. The molecule has 1 heterocycles. The van der Waals surface area contributed by atoms with E-state index in [-0.39, 0.29) is 18.2 Å². The number of hydrogen-bond acceptors (Lipinski definition) is 3. The van der Waals surface area contributed by atoms with Gasteiger partial charge in [0.05, 0.1) is 12.0 Å². The van der Waals surface area contributed by atoms with Crippen molar-refractivity contribution >= 4 is 11.9 Å². The molecule has 1 aliphatic heterocycles. The van der Waals surface area contributed by atoms with Crippen LogP contribution in [0.3, 0.4) is 0 Å². The standard InChI is InChI=1S/C11H18N2O3/c12-11(3-1-2-4-11)10(16)13-6-8(7-13)5-9(14)15/h8H,1-7,12H2,(H,14,15). The van der Waals surface area contributed by atoms with Gasteiger partial charge >= 0.3 is 5.97 Å². The van der Waals surface area contributed by atoms with E-state index in [1.54, 1.807) is 4.90 Å². The molecule has 5 nitrogen and oxygen atoms in total. The van der Waals surface area contributed by atoms with Crippen molar-refractivity contribution in [3.05, 3.63) is 0 Å². The van der Waals surface area contributed by atoms with Gasteiger partial charge in [-0.25, -0.2) is 0 Å². The molecule has 5 heteroatoms. The summed E-state index contributed by atoms with van der Waals surface area (Å²) in [6, 6.07) is 0. The van der Waals surface area contributed by atoms with E-state index in [2.05, 4.69) is 0 Å². The van der Waals surface area contributed by atoms with Gasteiger partial charge in [0.25, 0.3) is 0 Å². The zero-order valence-corrected chi connectivity index (χ0v) is 9.32. The number of nitrogens with two attached hydrogens (primary N) is 1. The van der Waals surface area contributed by atoms with Crippen LogP contribution in [0.5, 0.6) is 0 Å². The van der Waals surface area contributed by atoms with E-state index in [0.717, 1.165) is 25.7 Å². The average molecular weight is 226 g/mol. The molecule has 1 saturated heterocycles. The summed E-state index contributed by atoms with van der Waals surface area (Å²) in [6.07, 6.45) is 3.74. The van der Waals surface area contributed by atoms with Gasteiger partial charge in [-0.15, -0.1) is 0 Å². The Labute approximate surface area is 94.6 Å².